The Morgan fingerprint density at radius 2 is 2.08 bits per heavy atom. The molecule has 4 rings (SSSR count). The standard InChI is InChI=1S/C27H32F2N4O4/c1-3-18(34)10-5-4-6-12-21(32-24(35)22-14-27(28,29)16-31-22)26-30-15-23(37-26)19-13-17-9-7-8-11-20(17)33-25(19)36-2/h7-9,11,13,15,21-22,31H,3-6,10,12,14,16H2,1-2H3,(H,32,35)/t21-,22?/m0/s1. The first-order valence-corrected chi connectivity index (χ1v) is 12.6. The van der Waals surface area contributed by atoms with Crippen molar-refractivity contribution in [2.45, 2.75) is 69.9 Å². The second-order valence-electron chi connectivity index (χ2n) is 9.35. The Hall–Kier alpha value is -3.40. The molecule has 1 aromatic carbocycles. The number of para-hydroxylation sites is 1. The number of carbonyl (C=O) groups is 2. The summed E-state index contributed by atoms with van der Waals surface area (Å²) in [6, 6.07) is 7.91. The van der Waals surface area contributed by atoms with Crippen LogP contribution in [0.1, 0.15) is 63.8 Å². The van der Waals surface area contributed by atoms with Crippen molar-refractivity contribution in [3.63, 3.8) is 0 Å². The molecule has 10 heteroatoms. The summed E-state index contributed by atoms with van der Waals surface area (Å²) in [5.74, 6) is -2.16. The number of hydrogen-bond acceptors (Lipinski definition) is 7. The summed E-state index contributed by atoms with van der Waals surface area (Å²) in [7, 11) is 1.52. The van der Waals surface area contributed by atoms with Gasteiger partial charge in [0.05, 0.1) is 37.0 Å². The molecule has 0 radical (unpaired) electrons. The van der Waals surface area contributed by atoms with E-state index in [1.165, 1.54) is 7.11 Å². The maximum absolute atomic E-state index is 13.7. The predicted molar refractivity (Wildman–Crippen MR) is 134 cm³/mol. The van der Waals surface area contributed by atoms with Crippen LogP contribution < -0.4 is 15.4 Å². The lowest BCUT2D eigenvalue weighted by molar-refractivity contribution is -0.124. The van der Waals surface area contributed by atoms with Crippen LogP contribution in [0, 0.1) is 0 Å². The lowest BCUT2D eigenvalue weighted by atomic mass is 10.0. The number of aromatic nitrogens is 2. The van der Waals surface area contributed by atoms with Crippen molar-refractivity contribution in [1.29, 1.82) is 0 Å². The maximum Gasteiger partial charge on any atom is 0.262 e. The van der Waals surface area contributed by atoms with Crippen LogP contribution in [0.4, 0.5) is 8.78 Å². The summed E-state index contributed by atoms with van der Waals surface area (Å²) in [5, 5.41) is 6.33. The lowest BCUT2D eigenvalue weighted by Crippen LogP contribution is -2.42. The number of unbranched alkanes of at least 4 members (excludes halogenated alkanes) is 2. The zero-order valence-electron chi connectivity index (χ0n) is 21.1. The SMILES string of the molecule is CCC(=O)CCCCC[C@H](NC(=O)C1CC(F)(F)CN1)c1ncc(-c2cc3ccccc3nc2OC)o1. The Morgan fingerprint density at radius 3 is 2.81 bits per heavy atom. The van der Waals surface area contributed by atoms with E-state index >= 15 is 0 Å². The number of nitrogens with zero attached hydrogens (tertiary/aromatic N) is 2. The molecular formula is C27H32F2N4O4. The number of ether oxygens (including phenoxy) is 1. The van der Waals surface area contributed by atoms with E-state index in [9.17, 15) is 18.4 Å². The van der Waals surface area contributed by atoms with Gasteiger partial charge >= 0.3 is 0 Å². The van der Waals surface area contributed by atoms with Crippen LogP contribution >= 0.6 is 0 Å². The number of rotatable bonds is 12. The number of carbonyl (C=O) groups excluding carboxylic acids is 2. The van der Waals surface area contributed by atoms with Crippen LogP contribution in [-0.4, -0.2) is 47.3 Å². The summed E-state index contributed by atoms with van der Waals surface area (Å²) >= 11 is 0. The van der Waals surface area contributed by atoms with Crippen LogP contribution in [0.3, 0.4) is 0 Å². The number of fused-ring (bicyclic) bond motifs is 1. The number of amides is 1. The Labute approximate surface area is 214 Å². The third-order valence-corrected chi connectivity index (χ3v) is 6.56. The fourth-order valence-corrected chi connectivity index (χ4v) is 4.46. The number of benzene rings is 1. The number of nitrogens with one attached hydrogen (secondary N) is 2. The van der Waals surface area contributed by atoms with Crippen LogP contribution in [0.2, 0.25) is 0 Å². The Bertz CT molecular complexity index is 1250. The molecule has 2 N–H and O–H groups in total. The highest BCUT2D eigenvalue weighted by atomic mass is 19.3. The fraction of sp³-hybridized carbons (Fsp3) is 0.481. The summed E-state index contributed by atoms with van der Waals surface area (Å²) in [6.07, 6.45) is 4.76. The molecule has 0 saturated carbocycles. The third kappa shape index (κ3) is 6.68. The summed E-state index contributed by atoms with van der Waals surface area (Å²) in [6.45, 7) is 1.31. The van der Waals surface area contributed by atoms with Gasteiger partial charge < -0.3 is 14.5 Å². The van der Waals surface area contributed by atoms with Crippen molar-refractivity contribution in [2.24, 2.45) is 0 Å². The molecule has 37 heavy (non-hydrogen) atoms. The van der Waals surface area contributed by atoms with E-state index in [-0.39, 0.29) is 11.7 Å². The van der Waals surface area contributed by atoms with Gasteiger partial charge in [0.25, 0.3) is 5.92 Å². The highest BCUT2D eigenvalue weighted by Gasteiger charge is 2.42. The fourth-order valence-electron chi connectivity index (χ4n) is 4.46. The Balaban J connectivity index is 1.53. The molecule has 8 nitrogen and oxygen atoms in total. The molecule has 0 aliphatic carbocycles. The minimum absolute atomic E-state index is 0.216. The van der Waals surface area contributed by atoms with E-state index in [1.54, 1.807) is 6.20 Å². The van der Waals surface area contributed by atoms with E-state index in [2.05, 4.69) is 20.6 Å². The highest BCUT2D eigenvalue weighted by Crippen LogP contribution is 2.34. The Morgan fingerprint density at radius 1 is 1.27 bits per heavy atom. The van der Waals surface area contributed by atoms with Crippen molar-refractivity contribution in [3.8, 4) is 17.2 Å². The molecular weight excluding hydrogens is 482 g/mol. The number of Topliss-reactive ketones (excluding diaryl/α,β-unsaturated/α-hetero) is 1. The van der Waals surface area contributed by atoms with Gasteiger partial charge in [-0.25, -0.2) is 18.7 Å². The van der Waals surface area contributed by atoms with Gasteiger partial charge in [-0.3, -0.25) is 14.9 Å². The van der Waals surface area contributed by atoms with Gasteiger partial charge in [0, 0.05) is 24.6 Å². The smallest absolute Gasteiger partial charge is 0.262 e. The number of hydrogen-bond donors (Lipinski definition) is 2. The van der Waals surface area contributed by atoms with Crippen molar-refractivity contribution in [1.82, 2.24) is 20.6 Å². The van der Waals surface area contributed by atoms with Crippen molar-refractivity contribution < 1.29 is 27.5 Å². The number of ketones is 1. The van der Waals surface area contributed by atoms with Gasteiger partial charge in [-0.15, -0.1) is 0 Å². The highest BCUT2D eigenvalue weighted by molar-refractivity contribution is 5.85. The topological polar surface area (TPSA) is 106 Å². The lowest BCUT2D eigenvalue weighted by Gasteiger charge is -2.18. The molecule has 1 aliphatic heterocycles. The van der Waals surface area contributed by atoms with E-state index < -0.39 is 36.9 Å². The summed E-state index contributed by atoms with van der Waals surface area (Å²) in [4.78, 5) is 33.3. The van der Waals surface area contributed by atoms with E-state index in [1.807, 2.05) is 37.3 Å². The first kappa shape index (κ1) is 26.7. The van der Waals surface area contributed by atoms with Gasteiger partial charge in [-0.05, 0) is 25.0 Å². The molecule has 0 bridgehead atoms. The van der Waals surface area contributed by atoms with E-state index in [0.29, 0.717) is 42.9 Å². The first-order chi connectivity index (χ1) is 17.8. The van der Waals surface area contributed by atoms with Crippen molar-refractivity contribution >= 4 is 22.6 Å². The van der Waals surface area contributed by atoms with Gasteiger partial charge in [0.1, 0.15) is 11.8 Å². The zero-order chi connectivity index (χ0) is 26.4. The number of halogens is 2. The second-order valence-corrected chi connectivity index (χ2v) is 9.35. The summed E-state index contributed by atoms with van der Waals surface area (Å²) < 4.78 is 38.8. The van der Waals surface area contributed by atoms with E-state index in [4.69, 9.17) is 9.15 Å². The normalized spacial score (nSPS) is 17.6. The quantitative estimate of drug-likeness (QED) is 0.328. The molecule has 1 unspecified atom stereocenters. The molecule has 3 heterocycles. The monoisotopic (exact) mass is 514 g/mol. The molecule has 1 amide bonds. The molecule has 3 aromatic rings. The molecule has 0 spiro atoms. The van der Waals surface area contributed by atoms with Crippen LogP contribution in [0.15, 0.2) is 40.9 Å². The van der Waals surface area contributed by atoms with E-state index in [0.717, 1.165) is 23.7 Å². The predicted octanol–water partition coefficient (Wildman–Crippen LogP) is 4.98. The third-order valence-electron chi connectivity index (χ3n) is 6.56. The van der Waals surface area contributed by atoms with Gasteiger partial charge in [0.15, 0.2) is 5.76 Å². The van der Waals surface area contributed by atoms with Gasteiger partial charge in [-0.1, -0.05) is 38.0 Å². The number of oxazole rings is 1. The molecule has 1 aliphatic rings. The minimum atomic E-state index is -2.92. The average molecular weight is 515 g/mol. The number of pyridine rings is 1. The minimum Gasteiger partial charge on any atom is -0.480 e. The molecule has 2 aromatic heterocycles. The molecule has 2 atom stereocenters. The maximum atomic E-state index is 13.7. The number of alkyl halides is 2. The average Bonchev–Trinajstić information content (AvgIpc) is 3.53. The van der Waals surface area contributed by atoms with Crippen LogP contribution in [0.25, 0.3) is 22.2 Å². The van der Waals surface area contributed by atoms with Gasteiger partial charge in [-0.2, -0.15) is 0 Å². The van der Waals surface area contributed by atoms with Crippen LogP contribution in [-0.2, 0) is 9.59 Å². The molecule has 198 valence electrons. The zero-order valence-corrected chi connectivity index (χ0v) is 21.1. The van der Waals surface area contributed by atoms with Crippen molar-refractivity contribution in [2.75, 3.05) is 13.7 Å². The van der Waals surface area contributed by atoms with Crippen LogP contribution in [0.5, 0.6) is 5.88 Å². The van der Waals surface area contributed by atoms with Crippen molar-refractivity contribution in [3.05, 3.63) is 42.4 Å². The first-order valence-electron chi connectivity index (χ1n) is 12.6. The largest absolute Gasteiger partial charge is 0.480 e. The summed E-state index contributed by atoms with van der Waals surface area (Å²) in [5.41, 5.74) is 1.38. The molecule has 1 fully saturated rings. The second kappa shape index (κ2) is 11.8. The number of methoxy groups -OCH3 is 1. The van der Waals surface area contributed by atoms with Gasteiger partial charge in [0.2, 0.25) is 17.7 Å². The Kier molecular flexibility index (Phi) is 8.48. The molecule has 1 saturated heterocycles.